The highest BCUT2D eigenvalue weighted by molar-refractivity contribution is 6.20. The maximum Gasteiger partial charge on any atom is 0.586 e. The van der Waals surface area contributed by atoms with Crippen molar-refractivity contribution in [3.05, 3.63) is 83.7 Å². The maximum absolute atomic E-state index is 14.7. The number of halogens is 3. The van der Waals surface area contributed by atoms with Crippen molar-refractivity contribution in [3.8, 4) is 11.5 Å². The molecule has 0 aromatic heterocycles. The van der Waals surface area contributed by atoms with Gasteiger partial charge in [0.1, 0.15) is 5.82 Å². The number of carbonyl (C=O) groups is 2. The molecule has 2 heterocycles. The van der Waals surface area contributed by atoms with Crippen LogP contribution >= 0.6 is 0 Å². The summed E-state index contributed by atoms with van der Waals surface area (Å²) in [6, 6.07) is 15.7. The van der Waals surface area contributed by atoms with Crippen molar-refractivity contribution in [1.82, 2.24) is 5.32 Å². The fourth-order valence-corrected chi connectivity index (χ4v) is 3.80. The van der Waals surface area contributed by atoms with Crippen LogP contribution in [-0.2, 0) is 4.79 Å². The fourth-order valence-electron chi connectivity index (χ4n) is 3.80. The van der Waals surface area contributed by atoms with Gasteiger partial charge in [-0.15, -0.1) is 8.78 Å². The van der Waals surface area contributed by atoms with Crippen molar-refractivity contribution >= 4 is 29.0 Å². The third-order valence-electron chi connectivity index (χ3n) is 5.40. The summed E-state index contributed by atoms with van der Waals surface area (Å²) < 4.78 is 49.9. The lowest BCUT2D eigenvalue weighted by atomic mass is 10.00. The molecular formula is C24H17F3N4O4. The van der Waals surface area contributed by atoms with E-state index < -0.39 is 30.2 Å². The van der Waals surface area contributed by atoms with E-state index in [2.05, 4.69) is 25.1 Å². The number of amides is 3. The second kappa shape index (κ2) is 8.35. The molecule has 1 atom stereocenters. The van der Waals surface area contributed by atoms with Crippen LogP contribution in [0.4, 0.5) is 29.3 Å². The average molecular weight is 482 g/mol. The largest absolute Gasteiger partial charge is 0.586 e. The van der Waals surface area contributed by atoms with Crippen LogP contribution in [0.2, 0.25) is 0 Å². The number of anilines is 2. The van der Waals surface area contributed by atoms with Gasteiger partial charge in [-0.25, -0.2) is 14.2 Å². The molecule has 8 nitrogen and oxygen atoms in total. The third kappa shape index (κ3) is 4.23. The second-order valence-electron chi connectivity index (χ2n) is 7.70. The number of hydrogen-bond acceptors (Lipinski definition) is 5. The predicted molar refractivity (Wildman–Crippen MR) is 120 cm³/mol. The lowest BCUT2D eigenvalue weighted by Gasteiger charge is -2.21. The van der Waals surface area contributed by atoms with Crippen LogP contribution in [0.25, 0.3) is 0 Å². The number of carbonyl (C=O) groups excluding carboxylic acids is 2. The summed E-state index contributed by atoms with van der Waals surface area (Å²) in [5.74, 6) is -1.55. The topological polar surface area (TPSA) is 92.3 Å². The molecular weight excluding hydrogens is 465 g/mol. The zero-order chi connectivity index (χ0) is 24.7. The van der Waals surface area contributed by atoms with Crippen LogP contribution in [0.1, 0.15) is 11.1 Å². The van der Waals surface area contributed by atoms with E-state index in [1.165, 1.54) is 42.3 Å². The van der Waals surface area contributed by atoms with Crippen LogP contribution in [0, 0.1) is 5.82 Å². The van der Waals surface area contributed by atoms with Gasteiger partial charge < -0.3 is 25.0 Å². The van der Waals surface area contributed by atoms with Gasteiger partial charge >= 0.3 is 12.3 Å². The lowest BCUT2D eigenvalue weighted by Crippen LogP contribution is -2.47. The lowest BCUT2D eigenvalue weighted by molar-refractivity contribution is -0.286. The SMILES string of the molecule is CN1C(=O)C(NC(=O)Nc2ccc3c(c2)OC(F)(F)O3)N=C(c2ccccc2F)c2ccccc21. The van der Waals surface area contributed by atoms with Gasteiger partial charge in [0.05, 0.1) is 11.4 Å². The molecule has 5 rings (SSSR count). The van der Waals surface area contributed by atoms with Crippen molar-refractivity contribution in [2.75, 3.05) is 17.3 Å². The summed E-state index contributed by atoms with van der Waals surface area (Å²) in [5, 5.41) is 4.90. The number of benzodiazepines with no additional fused rings is 1. The molecule has 0 radical (unpaired) electrons. The van der Waals surface area contributed by atoms with Crippen LogP contribution in [0.3, 0.4) is 0 Å². The molecule has 1 unspecified atom stereocenters. The van der Waals surface area contributed by atoms with E-state index >= 15 is 0 Å². The van der Waals surface area contributed by atoms with Gasteiger partial charge in [-0.2, -0.15) is 0 Å². The number of alkyl halides is 2. The highest BCUT2D eigenvalue weighted by Crippen LogP contribution is 2.42. The molecule has 0 saturated carbocycles. The fraction of sp³-hybridized carbons (Fsp3) is 0.125. The Kier molecular flexibility index (Phi) is 5.31. The number of ether oxygens (including phenoxy) is 2. The number of nitrogens with zero attached hydrogens (tertiary/aromatic N) is 2. The molecule has 2 aliphatic heterocycles. The number of hydrogen-bond donors (Lipinski definition) is 2. The molecule has 0 fully saturated rings. The minimum atomic E-state index is -3.80. The van der Waals surface area contributed by atoms with Gasteiger partial charge in [-0.3, -0.25) is 4.79 Å². The number of benzene rings is 3. The minimum Gasteiger partial charge on any atom is -0.395 e. The number of likely N-dealkylation sites (N-methyl/N-ethyl adjacent to an activating group) is 1. The predicted octanol–water partition coefficient (Wildman–Crippen LogP) is 4.11. The van der Waals surface area contributed by atoms with Crippen molar-refractivity contribution < 1.29 is 32.2 Å². The van der Waals surface area contributed by atoms with E-state index in [-0.39, 0.29) is 28.5 Å². The monoisotopic (exact) mass is 482 g/mol. The standard InChI is InChI=1S/C24H17F3N4O4/c1-31-17-9-5-3-7-15(17)20(14-6-2-4-8-16(14)25)29-21(22(31)32)30-23(33)28-13-10-11-18-19(12-13)35-24(26,27)34-18/h2-12,21H,1H3,(H2,28,30,33). The van der Waals surface area contributed by atoms with Crippen molar-refractivity contribution in [2.45, 2.75) is 12.5 Å². The molecule has 2 N–H and O–H groups in total. The maximum atomic E-state index is 14.7. The average Bonchev–Trinajstić information content (AvgIpc) is 3.09. The molecule has 178 valence electrons. The normalized spacial score (nSPS) is 17.8. The molecule has 11 heteroatoms. The molecule has 0 spiro atoms. The number of aliphatic imine (C=N–C) groups is 1. The highest BCUT2D eigenvalue weighted by Gasteiger charge is 2.43. The van der Waals surface area contributed by atoms with Crippen LogP contribution in [0.15, 0.2) is 71.7 Å². The van der Waals surface area contributed by atoms with Crippen molar-refractivity contribution in [3.63, 3.8) is 0 Å². The Morgan fingerprint density at radius 3 is 2.46 bits per heavy atom. The van der Waals surface area contributed by atoms with Gasteiger partial charge in [0.15, 0.2) is 11.5 Å². The summed E-state index contributed by atoms with van der Waals surface area (Å²) in [7, 11) is 1.52. The first kappa shape index (κ1) is 22.3. The summed E-state index contributed by atoms with van der Waals surface area (Å²) in [4.78, 5) is 31.6. The van der Waals surface area contributed by atoms with Crippen LogP contribution in [-0.4, -0.2) is 37.2 Å². The molecule has 0 saturated heterocycles. The molecule has 3 aromatic rings. The smallest absolute Gasteiger partial charge is 0.395 e. The number of para-hydroxylation sites is 1. The number of rotatable bonds is 3. The van der Waals surface area contributed by atoms with E-state index in [1.54, 1.807) is 30.3 Å². The van der Waals surface area contributed by atoms with Crippen LogP contribution < -0.4 is 25.0 Å². The Labute approximate surface area is 197 Å². The second-order valence-corrected chi connectivity index (χ2v) is 7.70. The Morgan fingerprint density at radius 1 is 1.00 bits per heavy atom. The first-order valence-corrected chi connectivity index (χ1v) is 10.4. The first-order valence-electron chi connectivity index (χ1n) is 10.4. The van der Waals surface area contributed by atoms with Crippen molar-refractivity contribution in [2.24, 2.45) is 4.99 Å². The Bertz CT molecular complexity index is 1380. The van der Waals surface area contributed by atoms with Gasteiger partial charge in [-0.1, -0.05) is 30.3 Å². The van der Waals surface area contributed by atoms with Gasteiger partial charge in [0, 0.05) is 29.9 Å². The third-order valence-corrected chi connectivity index (χ3v) is 5.40. The Balaban J connectivity index is 1.44. The van der Waals surface area contributed by atoms with E-state index in [0.717, 1.165) is 6.07 Å². The Hall–Kier alpha value is -4.54. The molecule has 0 bridgehead atoms. The zero-order valence-electron chi connectivity index (χ0n) is 18.1. The van der Waals surface area contributed by atoms with E-state index in [1.807, 2.05) is 0 Å². The highest BCUT2D eigenvalue weighted by atomic mass is 19.3. The zero-order valence-corrected chi connectivity index (χ0v) is 18.1. The van der Waals surface area contributed by atoms with Gasteiger partial charge in [-0.05, 0) is 30.3 Å². The quantitative estimate of drug-likeness (QED) is 0.588. The van der Waals surface area contributed by atoms with E-state index in [4.69, 9.17) is 0 Å². The van der Waals surface area contributed by atoms with Crippen LogP contribution in [0.5, 0.6) is 11.5 Å². The van der Waals surface area contributed by atoms with Gasteiger partial charge in [0.25, 0.3) is 5.91 Å². The summed E-state index contributed by atoms with van der Waals surface area (Å²) in [6.45, 7) is 0. The molecule has 3 aromatic carbocycles. The van der Waals surface area contributed by atoms with E-state index in [0.29, 0.717) is 11.3 Å². The summed E-state index contributed by atoms with van der Waals surface area (Å²) in [6.07, 6.45) is -5.20. The first-order chi connectivity index (χ1) is 16.7. The van der Waals surface area contributed by atoms with Crippen molar-refractivity contribution in [1.29, 1.82) is 0 Å². The molecule has 0 aliphatic carbocycles. The Morgan fingerprint density at radius 2 is 1.69 bits per heavy atom. The number of nitrogens with one attached hydrogen (secondary N) is 2. The summed E-state index contributed by atoms with van der Waals surface area (Å²) in [5.41, 5.74) is 1.45. The molecule has 35 heavy (non-hydrogen) atoms. The van der Waals surface area contributed by atoms with E-state index in [9.17, 15) is 22.8 Å². The molecule has 3 amide bonds. The number of urea groups is 1. The minimum absolute atomic E-state index is 0.110. The number of fused-ring (bicyclic) bond motifs is 2. The van der Waals surface area contributed by atoms with Gasteiger partial charge in [0.2, 0.25) is 6.17 Å². The molecule has 2 aliphatic rings. The summed E-state index contributed by atoms with van der Waals surface area (Å²) >= 11 is 0.